The van der Waals surface area contributed by atoms with Gasteiger partial charge in [-0.3, -0.25) is 4.90 Å². The summed E-state index contributed by atoms with van der Waals surface area (Å²) in [6.45, 7) is 3.77. The average molecular weight is 395 g/mol. The first kappa shape index (κ1) is 18.8. The second-order valence-electron chi connectivity index (χ2n) is 6.91. The Labute approximate surface area is 170 Å². The minimum Gasteiger partial charge on any atom is -0.475 e. The maximum Gasteiger partial charge on any atom is 0.244 e. The van der Waals surface area contributed by atoms with Crippen molar-refractivity contribution in [3.05, 3.63) is 59.6 Å². The van der Waals surface area contributed by atoms with Crippen LogP contribution >= 0.6 is 11.6 Å². The van der Waals surface area contributed by atoms with E-state index < -0.39 is 0 Å². The molecule has 4 rings (SSSR count). The Bertz CT molecular complexity index is 896. The highest BCUT2D eigenvalue weighted by atomic mass is 35.5. The predicted molar refractivity (Wildman–Crippen MR) is 111 cm³/mol. The molecule has 2 heterocycles. The molecule has 1 fully saturated rings. The Morgan fingerprint density at radius 2 is 1.61 bits per heavy atom. The summed E-state index contributed by atoms with van der Waals surface area (Å²) in [6.07, 6.45) is 3.87. The van der Waals surface area contributed by atoms with Gasteiger partial charge in [0.1, 0.15) is 6.61 Å². The van der Waals surface area contributed by atoms with E-state index in [4.69, 9.17) is 16.3 Å². The van der Waals surface area contributed by atoms with E-state index in [9.17, 15) is 0 Å². The van der Waals surface area contributed by atoms with Crippen molar-refractivity contribution in [2.75, 3.05) is 26.2 Å². The van der Waals surface area contributed by atoms with Crippen LogP contribution in [0.15, 0.2) is 54.6 Å². The molecule has 0 bridgehead atoms. The van der Waals surface area contributed by atoms with E-state index in [1.165, 1.54) is 19.3 Å². The van der Waals surface area contributed by atoms with Crippen molar-refractivity contribution in [3.8, 4) is 28.5 Å². The number of halogens is 1. The zero-order valence-corrected chi connectivity index (χ0v) is 16.5. The van der Waals surface area contributed by atoms with Crippen molar-refractivity contribution in [3.63, 3.8) is 0 Å². The first-order valence-corrected chi connectivity index (χ1v) is 10.1. The fourth-order valence-electron chi connectivity index (χ4n) is 3.37. The van der Waals surface area contributed by atoms with E-state index in [2.05, 4.69) is 20.1 Å². The molecule has 6 heteroatoms. The molecule has 0 saturated carbocycles. The van der Waals surface area contributed by atoms with Crippen LogP contribution in [0.3, 0.4) is 0 Å². The number of ether oxygens (including phenoxy) is 1. The molecule has 5 nitrogen and oxygen atoms in total. The lowest BCUT2D eigenvalue weighted by Gasteiger charge is -2.26. The van der Waals surface area contributed by atoms with Gasteiger partial charge in [0, 0.05) is 22.7 Å². The van der Waals surface area contributed by atoms with Crippen LogP contribution in [0.2, 0.25) is 5.02 Å². The average Bonchev–Trinajstić information content (AvgIpc) is 2.76. The molecule has 0 aliphatic carbocycles. The number of nitrogens with zero attached hydrogens (tertiary/aromatic N) is 4. The molecule has 144 valence electrons. The van der Waals surface area contributed by atoms with Crippen LogP contribution in [0.4, 0.5) is 0 Å². The van der Waals surface area contributed by atoms with Crippen LogP contribution in [0.1, 0.15) is 19.3 Å². The Hall–Kier alpha value is -2.50. The lowest BCUT2D eigenvalue weighted by atomic mass is 10.1. The number of aromatic nitrogens is 3. The Morgan fingerprint density at radius 3 is 2.36 bits per heavy atom. The lowest BCUT2D eigenvalue weighted by Crippen LogP contribution is -2.33. The highest BCUT2D eigenvalue weighted by Crippen LogP contribution is 2.28. The van der Waals surface area contributed by atoms with Crippen LogP contribution in [0, 0.1) is 0 Å². The third-order valence-electron chi connectivity index (χ3n) is 4.90. The van der Waals surface area contributed by atoms with Crippen molar-refractivity contribution in [1.82, 2.24) is 20.1 Å². The van der Waals surface area contributed by atoms with Gasteiger partial charge in [-0.05, 0) is 50.2 Å². The van der Waals surface area contributed by atoms with Crippen LogP contribution in [-0.4, -0.2) is 46.3 Å². The number of likely N-dealkylation sites (tertiary alicyclic amines) is 1. The SMILES string of the molecule is Clc1ccc(-c2nnc(-c3ccccc3)c(OCCN3CCCCC3)n2)cc1. The lowest BCUT2D eigenvalue weighted by molar-refractivity contribution is 0.180. The molecule has 3 aromatic rings. The molecule has 0 radical (unpaired) electrons. The second kappa shape index (κ2) is 9.13. The molecule has 0 spiro atoms. The molecule has 2 aromatic carbocycles. The molecule has 1 saturated heterocycles. The molecule has 1 aromatic heterocycles. The smallest absolute Gasteiger partial charge is 0.244 e. The number of piperidine rings is 1. The van der Waals surface area contributed by atoms with Gasteiger partial charge < -0.3 is 4.74 Å². The normalized spacial score (nSPS) is 14.8. The summed E-state index contributed by atoms with van der Waals surface area (Å²) in [7, 11) is 0. The van der Waals surface area contributed by atoms with Gasteiger partial charge in [-0.25, -0.2) is 0 Å². The van der Waals surface area contributed by atoms with Crippen LogP contribution < -0.4 is 4.74 Å². The number of benzene rings is 2. The van der Waals surface area contributed by atoms with E-state index in [1.54, 1.807) is 0 Å². The van der Waals surface area contributed by atoms with Gasteiger partial charge >= 0.3 is 0 Å². The van der Waals surface area contributed by atoms with Crippen LogP contribution in [-0.2, 0) is 0 Å². The number of hydrogen-bond donors (Lipinski definition) is 0. The first-order valence-electron chi connectivity index (χ1n) is 9.71. The van der Waals surface area contributed by atoms with E-state index in [1.807, 2.05) is 54.6 Å². The van der Waals surface area contributed by atoms with Gasteiger partial charge in [-0.2, -0.15) is 4.98 Å². The molecule has 0 atom stereocenters. The standard InChI is InChI=1S/C22H23ClN4O/c23-19-11-9-18(10-12-19)21-24-22(28-16-15-27-13-5-2-6-14-27)20(25-26-21)17-7-3-1-4-8-17/h1,3-4,7-12H,2,5-6,13-16H2. The molecular weight excluding hydrogens is 372 g/mol. The highest BCUT2D eigenvalue weighted by Gasteiger charge is 2.15. The first-order chi connectivity index (χ1) is 13.8. The van der Waals surface area contributed by atoms with Crippen molar-refractivity contribution >= 4 is 11.6 Å². The number of hydrogen-bond acceptors (Lipinski definition) is 5. The van der Waals surface area contributed by atoms with E-state index in [-0.39, 0.29) is 0 Å². The van der Waals surface area contributed by atoms with Crippen molar-refractivity contribution in [2.45, 2.75) is 19.3 Å². The van der Waals surface area contributed by atoms with E-state index >= 15 is 0 Å². The Balaban J connectivity index is 1.58. The van der Waals surface area contributed by atoms with Gasteiger partial charge in [0.05, 0.1) is 0 Å². The molecule has 1 aliphatic rings. The maximum atomic E-state index is 6.10. The number of rotatable bonds is 6. The van der Waals surface area contributed by atoms with Gasteiger partial charge in [0.2, 0.25) is 5.88 Å². The maximum absolute atomic E-state index is 6.10. The predicted octanol–water partition coefficient (Wildman–Crippen LogP) is 4.72. The second-order valence-corrected chi connectivity index (χ2v) is 7.35. The van der Waals surface area contributed by atoms with Crippen molar-refractivity contribution < 1.29 is 4.74 Å². The fourth-order valence-corrected chi connectivity index (χ4v) is 3.49. The van der Waals surface area contributed by atoms with Gasteiger partial charge in [0.25, 0.3) is 0 Å². The Morgan fingerprint density at radius 1 is 0.857 bits per heavy atom. The third kappa shape index (κ3) is 4.66. The van der Waals surface area contributed by atoms with Gasteiger partial charge in [0.15, 0.2) is 11.5 Å². The molecule has 0 N–H and O–H groups in total. The zero-order chi connectivity index (χ0) is 19.2. The summed E-state index contributed by atoms with van der Waals surface area (Å²) in [5.74, 6) is 1.05. The van der Waals surface area contributed by atoms with Crippen molar-refractivity contribution in [2.24, 2.45) is 0 Å². The summed E-state index contributed by atoms with van der Waals surface area (Å²) in [4.78, 5) is 7.12. The molecule has 0 unspecified atom stereocenters. The molecule has 0 amide bonds. The summed E-state index contributed by atoms with van der Waals surface area (Å²) < 4.78 is 6.10. The minimum atomic E-state index is 0.517. The van der Waals surface area contributed by atoms with Crippen molar-refractivity contribution in [1.29, 1.82) is 0 Å². The van der Waals surface area contributed by atoms with Gasteiger partial charge in [-0.15, -0.1) is 10.2 Å². The monoisotopic (exact) mass is 394 g/mol. The highest BCUT2D eigenvalue weighted by molar-refractivity contribution is 6.30. The van der Waals surface area contributed by atoms with E-state index in [0.29, 0.717) is 29.0 Å². The third-order valence-corrected chi connectivity index (χ3v) is 5.15. The van der Waals surface area contributed by atoms with Crippen LogP contribution in [0.25, 0.3) is 22.6 Å². The zero-order valence-electron chi connectivity index (χ0n) is 15.7. The fraction of sp³-hybridized carbons (Fsp3) is 0.318. The van der Waals surface area contributed by atoms with Gasteiger partial charge in [-0.1, -0.05) is 48.4 Å². The van der Waals surface area contributed by atoms with E-state index in [0.717, 1.165) is 30.8 Å². The summed E-state index contributed by atoms with van der Waals surface area (Å²) in [5, 5.41) is 9.42. The topological polar surface area (TPSA) is 51.1 Å². The quantitative estimate of drug-likeness (QED) is 0.605. The minimum absolute atomic E-state index is 0.517. The molecular formula is C22H23ClN4O. The summed E-state index contributed by atoms with van der Waals surface area (Å²) in [5.41, 5.74) is 2.47. The summed E-state index contributed by atoms with van der Waals surface area (Å²) in [6, 6.07) is 17.3. The Kier molecular flexibility index (Phi) is 6.14. The van der Waals surface area contributed by atoms with Crippen LogP contribution in [0.5, 0.6) is 5.88 Å². The molecule has 1 aliphatic heterocycles. The molecule has 28 heavy (non-hydrogen) atoms. The summed E-state index contributed by atoms with van der Waals surface area (Å²) >= 11 is 5.99. The largest absolute Gasteiger partial charge is 0.475 e.